The summed E-state index contributed by atoms with van der Waals surface area (Å²) in [5.74, 6) is -0.959. The first-order chi connectivity index (χ1) is 5.70. The van der Waals surface area contributed by atoms with Gasteiger partial charge in [0.2, 0.25) is 0 Å². The van der Waals surface area contributed by atoms with Gasteiger partial charge in [-0.3, -0.25) is 4.79 Å². The highest BCUT2D eigenvalue weighted by atomic mass is 16.5. The minimum absolute atomic E-state index is 0.385. The second kappa shape index (κ2) is 3.88. The second-order valence-electron chi connectivity index (χ2n) is 2.63. The van der Waals surface area contributed by atoms with Crippen molar-refractivity contribution in [3.63, 3.8) is 0 Å². The summed E-state index contributed by atoms with van der Waals surface area (Å²) in [7, 11) is 0. The normalized spacial score (nSPS) is 12.4. The van der Waals surface area contributed by atoms with Gasteiger partial charge in [0, 0.05) is 0 Å². The van der Waals surface area contributed by atoms with Crippen LogP contribution in [-0.2, 0) is 11.2 Å². The molecule has 0 aliphatic rings. The lowest BCUT2D eigenvalue weighted by Crippen LogP contribution is -2.32. The maximum Gasteiger partial charge on any atom is 0.320 e. The maximum absolute atomic E-state index is 10.4. The molecule has 0 radical (unpaired) electrons. The van der Waals surface area contributed by atoms with Crippen molar-refractivity contribution in [1.29, 1.82) is 0 Å². The molecule has 0 fully saturated rings. The van der Waals surface area contributed by atoms with E-state index < -0.39 is 12.0 Å². The molecule has 1 aromatic rings. The summed E-state index contributed by atoms with van der Waals surface area (Å²) in [6.07, 6.45) is 0.385. The Hall–Kier alpha value is -1.35. The lowest BCUT2D eigenvalue weighted by Gasteiger charge is -2.04. The number of carbonyl (C=O) groups is 1. The van der Waals surface area contributed by atoms with E-state index in [4.69, 9.17) is 10.8 Å². The Labute approximate surface area is 70.8 Å². The summed E-state index contributed by atoms with van der Waals surface area (Å²) in [5, 5.41) is 8.52. The molecule has 0 unspecified atom stereocenters. The fraction of sp³-hybridized carbons (Fsp3) is 0.222. The zero-order chi connectivity index (χ0) is 8.97. The molecule has 1 rings (SSSR count). The second-order valence-corrected chi connectivity index (χ2v) is 2.63. The van der Waals surface area contributed by atoms with E-state index in [1.807, 2.05) is 30.3 Å². The number of benzene rings is 1. The molecule has 0 spiro atoms. The van der Waals surface area contributed by atoms with Crippen LogP contribution in [-0.4, -0.2) is 17.1 Å². The first-order valence-electron chi connectivity index (χ1n) is 3.72. The summed E-state index contributed by atoms with van der Waals surface area (Å²) < 4.78 is 0. The van der Waals surface area contributed by atoms with Crippen molar-refractivity contribution in [2.24, 2.45) is 5.73 Å². The molecule has 0 bridgehead atoms. The number of aliphatic carboxylic acids is 1. The standard InChI is InChI=1S/C9H11NO2/c10-8(9(11)12)6-7-4-2-1-3-5-7/h1-5,8H,6,10H2,(H,11,12)/t8-/m1/s1/i1+1,2+1,3+1,4+1,5+1,6+1,7+1,8+1,9+1,10+1. The molecule has 1 atom stereocenters. The van der Waals surface area contributed by atoms with E-state index in [1.165, 1.54) is 0 Å². The maximum atomic E-state index is 10.4. The van der Waals surface area contributed by atoms with Gasteiger partial charge in [-0.15, -0.1) is 0 Å². The monoisotopic (exact) mass is 175 g/mol. The Kier molecular flexibility index (Phi) is 2.82. The van der Waals surface area contributed by atoms with E-state index in [1.54, 1.807) is 0 Å². The van der Waals surface area contributed by atoms with E-state index >= 15 is 0 Å². The van der Waals surface area contributed by atoms with Crippen LogP contribution >= 0.6 is 0 Å². The smallest absolute Gasteiger partial charge is 0.320 e. The SMILES string of the molecule is [15NH2][13C@H]([13CH2][13c]1[13cH][13cH][13cH][13cH][13cH]1)[13C](=O)O. The molecule has 0 saturated carbocycles. The average Bonchev–Trinajstić information content (AvgIpc) is 2.06. The minimum Gasteiger partial charge on any atom is -0.480 e. The van der Waals surface area contributed by atoms with Crippen molar-refractivity contribution in [2.45, 2.75) is 12.5 Å². The lowest BCUT2D eigenvalue weighted by atomic mass is 11.1. The lowest BCUT2D eigenvalue weighted by molar-refractivity contribution is -0.138. The Morgan fingerprint density at radius 1 is 1.42 bits per heavy atom. The zero-order valence-corrected chi connectivity index (χ0v) is 6.60. The van der Waals surface area contributed by atoms with Gasteiger partial charge >= 0.3 is 5.97 Å². The average molecular weight is 175 g/mol. The van der Waals surface area contributed by atoms with E-state index in [0.717, 1.165) is 5.56 Å². The van der Waals surface area contributed by atoms with Crippen molar-refractivity contribution in [2.75, 3.05) is 0 Å². The molecular weight excluding hydrogens is 164 g/mol. The molecule has 12 heavy (non-hydrogen) atoms. The first-order valence-corrected chi connectivity index (χ1v) is 3.72. The Morgan fingerprint density at radius 3 is 2.50 bits per heavy atom. The fourth-order valence-electron chi connectivity index (χ4n) is 0.955. The highest BCUT2D eigenvalue weighted by molar-refractivity contribution is 5.73. The number of rotatable bonds is 3. The number of carboxylic acid groups (broad SMARTS) is 1. The van der Waals surface area contributed by atoms with Crippen molar-refractivity contribution < 1.29 is 9.90 Å². The highest BCUT2D eigenvalue weighted by Gasteiger charge is 2.10. The van der Waals surface area contributed by atoms with Crippen molar-refractivity contribution in [1.82, 2.24) is 0 Å². The van der Waals surface area contributed by atoms with Gasteiger partial charge in [-0.25, -0.2) is 0 Å². The summed E-state index contributed by atoms with van der Waals surface area (Å²) in [6, 6.07) is 8.54. The van der Waals surface area contributed by atoms with Crippen LogP contribution in [0.15, 0.2) is 30.3 Å². The molecule has 3 N–H and O–H groups in total. The third-order valence-electron chi connectivity index (χ3n) is 1.62. The summed E-state index contributed by atoms with van der Waals surface area (Å²) in [4.78, 5) is 10.4. The predicted octanol–water partition coefficient (Wildman–Crippen LogP) is 0.641. The number of carboxylic acids is 1. The minimum atomic E-state index is -0.959. The Balaban J connectivity index is 2.58. The van der Waals surface area contributed by atoms with Gasteiger partial charge in [0.1, 0.15) is 6.04 Å². The van der Waals surface area contributed by atoms with E-state index in [9.17, 15) is 4.79 Å². The van der Waals surface area contributed by atoms with Gasteiger partial charge in [0.15, 0.2) is 0 Å². The van der Waals surface area contributed by atoms with Crippen LogP contribution in [0.5, 0.6) is 0 Å². The molecular formula is C9H11NO2. The van der Waals surface area contributed by atoms with Gasteiger partial charge in [-0.1, -0.05) is 30.3 Å². The van der Waals surface area contributed by atoms with Gasteiger partial charge in [0.05, 0.1) is 0 Å². The molecule has 0 saturated heterocycles. The van der Waals surface area contributed by atoms with Gasteiger partial charge < -0.3 is 10.8 Å². The molecule has 0 heterocycles. The largest absolute Gasteiger partial charge is 0.480 e. The number of hydrogen-bond acceptors (Lipinski definition) is 2. The van der Waals surface area contributed by atoms with E-state index in [-0.39, 0.29) is 0 Å². The zero-order valence-electron chi connectivity index (χ0n) is 6.60. The van der Waals surface area contributed by atoms with Gasteiger partial charge in [0.25, 0.3) is 0 Å². The Morgan fingerprint density at radius 2 is 2.00 bits per heavy atom. The summed E-state index contributed by atoms with van der Waals surface area (Å²) >= 11 is 0. The van der Waals surface area contributed by atoms with Crippen LogP contribution in [0.25, 0.3) is 0 Å². The molecule has 1 aromatic carbocycles. The molecule has 0 amide bonds. The number of hydrogen-bond donors (Lipinski definition) is 2. The summed E-state index contributed by atoms with van der Waals surface area (Å²) in [6.45, 7) is 0. The molecule has 0 aliphatic carbocycles. The van der Waals surface area contributed by atoms with Crippen LogP contribution in [0.4, 0.5) is 0 Å². The summed E-state index contributed by atoms with van der Waals surface area (Å²) in [5.41, 5.74) is 6.30. The quantitative estimate of drug-likeness (QED) is 0.523. The van der Waals surface area contributed by atoms with Crippen LogP contribution < -0.4 is 5.73 Å². The van der Waals surface area contributed by atoms with Crippen molar-refractivity contribution in [3.8, 4) is 0 Å². The number of nitrogens with two attached hydrogens (primary N) is 1. The molecule has 3 nitrogen and oxygen atoms in total. The van der Waals surface area contributed by atoms with E-state index in [2.05, 4.69) is 0 Å². The molecule has 0 aliphatic heterocycles. The van der Waals surface area contributed by atoms with Crippen LogP contribution in [0.2, 0.25) is 0 Å². The first kappa shape index (κ1) is 8.74. The van der Waals surface area contributed by atoms with Crippen molar-refractivity contribution >= 4 is 5.97 Å². The Bertz CT molecular complexity index is 258. The van der Waals surface area contributed by atoms with Gasteiger partial charge in [-0.2, -0.15) is 0 Å². The third-order valence-corrected chi connectivity index (χ3v) is 1.62. The van der Waals surface area contributed by atoms with Crippen molar-refractivity contribution in [3.05, 3.63) is 35.9 Å². The fourth-order valence-corrected chi connectivity index (χ4v) is 0.955. The highest BCUT2D eigenvalue weighted by Crippen LogP contribution is 2.01. The third kappa shape index (κ3) is 2.36. The van der Waals surface area contributed by atoms with Gasteiger partial charge in [-0.05, 0) is 12.0 Å². The van der Waals surface area contributed by atoms with Crippen LogP contribution in [0.3, 0.4) is 0 Å². The topological polar surface area (TPSA) is 63.3 Å². The predicted molar refractivity (Wildman–Crippen MR) is 45.8 cm³/mol. The molecule has 3 heteroatoms. The van der Waals surface area contributed by atoms with Crippen LogP contribution in [0, 0.1) is 0 Å². The van der Waals surface area contributed by atoms with Crippen LogP contribution in [0.1, 0.15) is 5.56 Å². The molecule has 64 valence electrons. The van der Waals surface area contributed by atoms with E-state index in [0.29, 0.717) is 6.42 Å². The molecule has 0 aromatic heterocycles.